The molecule has 0 aliphatic carbocycles. The van der Waals surface area contributed by atoms with Crippen LogP contribution in [0.3, 0.4) is 0 Å². The summed E-state index contributed by atoms with van der Waals surface area (Å²) < 4.78 is 26.8. The van der Waals surface area contributed by atoms with Crippen molar-refractivity contribution in [1.82, 2.24) is 0 Å². The molecule has 1 atom stereocenters. The monoisotopic (exact) mass is 287 g/mol. The molecule has 1 unspecified atom stereocenters. The first-order valence-electron chi connectivity index (χ1n) is 5.15. The maximum absolute atomic E-state index is 13.7. The van der Waals surface area contributed by atoms with E-state index in [1.807, 2.05) is 0 Å². The second-order valence-electron chi connectivity index (χ2n) is 3.76. The van der Waals surface area contributed by atoms with Crippen LogP contribution in [0.2, 0.25) is 10.0 Å². The summed E-state index contributed by atoms with van der Waals surface area (Å²) in [6.07, 6.45) is 0. The zero-order valence-electron chi connectivity index (χ0n) is 9.13. The van der Waals surface area contributed by atoms with Gasteiger partial charge in [0.15, 0.2) is 11.6 Å². The number of hydrogen-bond donors (Lipinski definition) is 1. The van der Waals surface area contributed by atoms with Gasteiger partial charge >= 0.3 is 0 Å². The Morgan fingerprint density at radius 2 is 1.50 bits per heavy atom. The van der Waals surface area contributed by atoms with Crippen molar-refractivity contribution in [2.24, 2.45) is 5.73 Å². The van der Waals surface area contributed by atoms with E-state index in [2.05, 4.69) is 0 Å². The van der Waals surface area contributed by atoms with Crippen LogP contribution in [0.4, 0.5) is 8.78 Å². The summed E-state index contributed by atoms with van der Waals surface area (Å²) in [6, 6.07) is 7.76. The van der Waals surface area contributed by atoms with Gasteiger partial charge in [0.1, 0.15) is 0 Å². The van der Waals surface area contributed by atoms with Crippen molar-refractivity contribution in [1.29, 1.82) is 0 Å². The lowest BCUT2D eigenvalue weighted by atomic mass is 9.99. The first-order valence-corrected chi connectivity index (χ1v) is 5.91. The predicted molar refractivity (Wildman–Crippen MR) is 68.9 cm³/mol. The van der Waals surface area contributed by atoms with E-state index >= 15 is 0 Å². The number of hydrogen-bond acceptors (Lipinski definition) is 1. The smallest absolute Gasteiger partial charge is 0.163 e. The van der Waals surface area contributed by atoms with E-state index in [1.54, 1.807) is 18.2 Å². The maximum atomic E-state index is 13.7. The van der Waals surface area contributed by atoms with Gasteiger partial charge < -0.3 is 5.73 Å². The Balaban J connectivity index is 2.55. The van der Waals surface area contributed by atoms with Crippen LogP contribution in [0, 0.1) is 11.6 Å². The molecule has 0 bridgehead atoms. The molecule has 2 rings (SSSR count). The number of nitrogens with two attached hydrogens (primary N) is 1. The van der Waals surface area contributed by atoms with Gasteiger partial charge in [-0.2, -0.15) is 0 Å². The van der Waals surface area contributed by atoms with Gasteiger partial charge in [0, 0.05) is 21.2 Å². The molecule has 0 amide bonds. The van der Waals surface area contributed by atoms with Gasteiger partial charge in [-0.25, -0.2) is 8.78 Å². The molecular weight excluding hydrogens is 279 g/mol. The molecule has 2 aromatic carbocycles. The highest BCUT2D eigenvalue weighted by Gasteiger charge is 2.20. The highest BCUT2D eigenvalue weighted by molar-refractivity contribution is 6.36. The van der Waals surface area contributed by atoms with E-state index in [1.165, 1.54) is 12.1 Å². The fourth-order valence-electron chi connectivity index (χ4n) is 1.72. The van der Waals surface area contributed by atoms with Crippen molar-refractivity contribution < 1.29 is 8.78 Å². The summed E-state index contributed by atoms with van der Waals surface area (Å²) in [4.78, 5) is 0. The Labute approximate surface area is 113 Å². The van der Waals surface area contributed by atoms with Gasteiger partial charge in [-0.3, -0.25) is 0 Å². The van der Waals surface area contributed by atoms with Crippen molar-refractivity contribution in [3.05, 3.63) is 69.2 Å². The molecule has 1 nitrogen and oxygen atoms in total. The largest absolute Gasteiger partial charge is 0.320 e. The van der Waals surface area contributed by atoms with Gasteiger partial charge in [0.2, 0.25) is 0 Å². The van der Waals surface area contributed by atoms with Crippen molar-refractivity contribution in [3.63, 3.8) is 0 Å². The second kappa shape index (κ2) is 5.22. The highest BCUT2D eigenvalue weighted by atomic mass is 35.5. The molecule has 0 saturated heterocycles. The van der Waals surface area contributed by atoms with Crippen molar-refractivity contribution in [3.8, 4) is 0 Å². The van der Waals surface area contributed by atoms with Crippen molar-refractivity contribution in [2.75, 3.05) is 0 Å². The summed E-state index contributed by atoms with van der Waals surface area (Å²) in [5.41, 5.74) is 6.31. The Morgan fingerprint density at radius 1 is 0.944 bits per heavy atom. The third-order valence-electron chi connectivity index (χ3n) is 2.63. The molecule has 0 aromatic heterocycles. The fourth-order valence-corrected chi connectivity index (χ4v) is 2.36. The summed E-state index contributed by atoms with van der Waals surface area (Å²) in [5.74, 6) is -1.94. The number of rotatable bonds is 2. The molecule has 0 heterocycles. The van der Waals surface area contributed by atoms with Crippen LogP contribution < -0.4 is 5.73 Å². The minimum Gasteiger partial charge on any atom is -0.320 e. The average molecular weight is 288 g/mol. The molecule has 0 radical (unpaired) electrons. The molecule has 0 saturated carbocycles. The van der Waals surface area contributed by atoms with Crippen LogP contribution in [0.15, 0.2) is 36.4 Å². The molecule has 2 N–H and O–H groups in total. The number of benzene rings is 2. The van der Waals surface area contributed by atoms with Crippen LogP contribution in [0.1, 0.15) is 17.2 Å². The minimum atomic E-state index is -0.985. The van der Waals surface area contributed by atoms with Crippen molar-refractivity contribution in [2.45, 2.75) is 6.04 Å². The standard InChI is InChI=1S/C13H9Cl2F2N/c14-8-4-2-5-9(15)11(8)13(18)7-3-1-6-10(16)12(7)17/h1-6,13H,18H2. The van der Waals surface area contributed by atoms with E-state index < -0.39 is 17.7 Å². The van der Waals surface area contributed by atoms with Gasteiger partial charge in [-0.1, -0.05) is 41.4 Å². The van der Waals surface area contributed by atoms with E-state index in [0.717, 1.165) is 6.07 Å². The minimum absolute atomic E-state index is 0.0185. The zero-order chi connectivity index (χ0) is 13.3. The normalized spacial score (nSPS) is 12.5. The Bertz CT molecular complexity index is 567. The van der Waals surface area contributed by atoms with E-state index in [-0.39, 0.29) is 5.56 Å². The third-order valence-corrected chi connectivity index (χ3v) is 3.29. The first kappa shape index (κ1) is 13.3. The molecule has 0 aliphatic heterocycles. The summed E-state index contributed by atoms with van der Waals surface area (Å²) in [5, 5.41) is 0.636. The summed E-state index contributed by atoms with van der Waals surface area (Å²) in [7, 11) is 0. The van der Waals surface area contributed by atoms with E-state index in [9.17, 15) is 8.78 Å². The molecule has 5 heteroatoms. The lowest BCUT2D eigenvalue weighted by molar-refractivity contribution is 0.494. The quantitative estimate of drug-likeness (QED) is 0.875. The van der Waals surface area contributed by atoms with Gasteiger partial charge in [0.05, 0.1) is 6.04 Å². The lowest BCUT2D eigenvalue weighted by Crippen LogP contribution is -2.15. The van der Waals surface area contributed by atoms with Crippen LogP contribution >= 0.6 is 23.2 Å². The van der Waals surface area contributed by atoms with Crippen LogP contribution in [0.25, 0.3) is 0 Å². The SMILES string of the molecule is NC(c1cccc(F)c1F)c1c(Cl)cccc1Cl. The molecular formula is C13H9Cl2F2N. The topological polar surface area (TPSA) is 26.0 Å². The fraction of sp³-hybridized carbons (Fsp3) is 0.0769. The number of halogens is 4. The van der Waals surface area contributed by atoms with Gasteiger partial charge in [-0.05, 0) is 18.2 Å². The molecule has 2 aromatic rings. The summed E-state index contributed by atoms with van der Waals surface area (Å²) in [6.45, 7) is 0. The van der Waals surface area contributed by atoms with E-state index in [4.69, 9.17) is 28.9 Å². The van der Waals surface area contributed by atoms with Crippen LogP contribution in [0.5, 0.6) is 0 Å². The molecule has 18 heavy (non-hydrogen) atoms. The van der Waals surface area contributed by atoms with Crippen molar-refractivity contribution >= 4 is 23.2 Å². The second-order valence-corrected chi connectivity index (χ2v) is 4.57. The maximum Gasteiger partial charge on any atom is 0.163 e. The zero-order valence-corrected chi connectivity index (χ0v) is 10.6. The molecule has 0 spiro atoms. The molecule has 94 valence electrons. The Kier molecular flexibility index (Phi) is 3.85. The van der Waals surface area contributed by atoms with E-state index in [0.29, 0.717) is 15.6 Å². The van der Waals surface area contributed by atoms with Gasteiger partial charge in [0.25, 0.3) is 0 Å². The predicted octanol–water partition coefficient (Wildman–Crippen LogP) is 4.32. The highest BCUT2D eigenvalue weighted by Crippen LogP contribution is 2.33. The molecule has 0 aliphatic rings. The Morgan fingerprint density at radius 3 is 2.11 bits per heavy atom. The van der Waals surface area contributed by atoms with Crippen LogP contribution in [-0.2, 0) is 0 Å². The summed E-state index contributed by atoms with van der Waals surface area (Å²) >= 11 is 12.0. The average Bonchev–Trinajstić information content (AvgIpc) is 2.32. The Hall–Kier alpha value is -1.16. The first-order chi connectivity index (χ1) is 8.52. The van der Waals surface area contributed by atoms with Crippen LogP contribution in [-0.4, -0.2) is 0 Å². The van der Waals surface area contributed by atoms with Gasteiger partial charge in [-0.15, -0.1) is 0 Å². The lowest BCUT2D eigenvalue weighted by Gasteiger charge is -2.16. The molecule has 0 fully saturated rings. The third kappa shape index (κ3) is 2.34.